The second-order valence-electron chi connectivity index (χ2n) is 7.16. The van der Waals surface area contributed by atoms with E-state index in [0.717, 1.165) is 16.3 Å². The molecule has 0 radical (unpaired) electrons. The van der Waals surface area contributed by atoms with Crippen LogP contribution in [0.1, 0.15) is 5.56 Å². The Morgan fingerprint density at radius 3 is 2.52 bits per heavy atom. The summed E-state index contributed by atoms with van der Waals surface area (Å²) in [5.74, 6) is -1.97. The summed E-state index contributed by atoms with van der Waals surface area (Å²) < 4.78 is 10.2. The fraction of sp³-hybridized carbons (Fsp3) is 0.381. The lowest BCUT2D eigenvalue weighted by Crippen LogP contribution is -2.53. The topological polar surface area (TPSA) is 108 Å². The quantitative estimate of drug-likeness (QED) is 0.689. The normalized spacial score (nSPS) is 22.1. The molecule has 0 spiro atoms. The van der Waals surface area contributed by atoms with Crippen molar-refractivity contribution in [2.45, 2.75) is 24.7 Å². The van der Waals surface area contributed by atoms with Gasteiger partial charge in [0.25, 0.3) is 5.91 Å². The van der Waals surface area contributed by atoms with E-state index in [9.17, 15) is 14.4 Å². The lowest BCUT2D eigenvalue weighted by Gasteiger charge is -2.31. The van der Waals surface area contributed by atoms with E-state index in [1.54, 1.807) is 4.90 Å². The van der Waals surface area contributed by atoms with E-state index >= 15 is 0 Å². The number of nitrogens with one attached hydrogen (secondary N) is 1. The minimum absolute atomic E-state index is 0.206. The van der Waals surface area contributed by atoms with Crippen LogP contribution in [0.4, 0.5) is 0 Å². The number of morpholine rings is 1. The molecule has 29 heavy (non-hydrogen) atoms. The average molecular weight is 398 g/mol. The van der Waals surface area contributed by atoms with Gasteiger partial charge in [0.15, 0.2) is 12.2 Å². The zero-order chi connectivity index (χ0) is 20.4. The molecule has 8 heteroatoms. The summed E-state index contributed by atoms with van der Waals surface area (Å²) >= 11 is 0. The molecule has 3 atom stereocenters. The maximum Gasteiger partial charge on any atom is 0.336 e. The number of hydrogen-bond donors (Lipinski definition) is 2. The Morgan fingerprint density at radius 2 is 1.79 bits per heavy atom. The SMILES string of the molecule is O=C(O)[C@H]1O[C@@H]1C(=O)N[C@@H](Cc1cccc2ccccc12)C(=O)N1CCOCC1. The number of fused-ring (bicyclic) bond motifs is 1. The molecule has 2 heterocycles. The number of rotatable bonds is 6. The molecule has 8 nitrogen and oxygen atoms in total. The van der Waals surface area contributed by atoms with Crippen molar-refractivity contribution < 1.29 is 29.0 Å². The van der Waals surface area contributed by atoms with Gasteiger partial charge in [0, 0.05) is 19.5 Å². The van der Waals surface area contributed by atoms with Crippen LogP contribution in [0.2, 0.25) is 0 Å². The summed E-state index contributed by atoms with van der Waals surface area (Å²) in [5.41, 5.74) is 0.932. The highest BCUT2D eigenvalue weighted by Crippen LogP contribution is 2.24. The van der Waals surface area contributed by atoms with Crippen LogP contribution in [0.3, 0.4) is 0 Å². The van der Waals surface area contributed by atoms with Gasteiger partial charge in [0.2, 0.25) is 5.91 Å². The van der Waals surface area contributed by atoms with Crippen molar-refractivity contribution in [2.24, 2.45) is 0 Å². The smallest absolute Gasteiger partial charge is 0.336 e. The van der Waals surface area contributed by atoms with Crippen LogP contribution in [0.15, 0.2) is 42.5 Å². The largest absolute Gasteiger partial charge is 0.479 e. The molecule has 152 valence electrons. The first-order valence-electron chi connectivity index (χ1n) is 9.56. The van der Waals surface area contributed by atoms with E-state index in [2.05, 4.69) is 5.32 Å². The Morgan fingerprint density at radius 1 is 1.07 bits per heavy atom. The molecule has 2 amide bonds. The third-order valence-corrected chi connectivity index (χ3v) is 5.23. The van der Waals surface area contributed by atoms with Crippen molar-refractivity contribution in [2.75, 3.05) is 26.3 Å². The van der Waals surface area contributed by atoms with Crippen molar-refractivity contribution in [1.29, 1.82) is 0 Å². The fourth-order valence-corrected chi connectivity index (χ4v) is 3.65. The highest BCUT2D eigenvalue weighted by molar-refractivity contribution is 5.95. The number of carboxylic acids is 1. The van der Waals surface area contributed by atoms with Crippen LogP contribution in [-0.4, -0.2) is 72.3 Å². The highest BCUT2D eigenvalue weighted by Gasteiger charge is 2.51. The summed E-state index contributed by atoms with van der Waals surface area (Å²) in [6.45, 7) is 1.82. The molecule has 2 N–H and O–H groups in total. The van der Waals surface area contributed by atoms with Crippen molar-refractivity contribution in [1.82, 2.24) is 10.2 Å². The summed E-state index contributed by atoms with van der Waals surface area (Å²) in [6, 6.07) is 12.9. The van der Waals surface area contributed by atoms with E-state index in [0.29, 0.717) is 32.7 Å². The summed E-state index contributed by atoms with van der Waals surface area (Å²) in [6.07, 6.45) is -1.90. The molecular formula is C21H22N2O6. The Balaban J connectivity index is 1.56. The molecule has 2 aromatic carbocycles. The van der Waals surface area contributed by atoms with Crippen molar-refractivity contribution in [3.8, 4) is 0 Å². The van der Waals surface area contributed by atoms with Gasteiger partial charge >= 0.3 is 5.97 Å². The Kier molecular flexibility index (Phi) is 5.46. The van der Waals surface area contributed by atoms with Gasteiger partial charge in [-0.05, 0) is 16.3 Å². The third kappa shape index (κ3) is 4.23. The second-order valence-corrected chi connectivity index (χ2v) is 7.16. The molecule has 0 aromatic heterocycles. The molecular weight excluding hydrogens is 376 g/mol. The predicted molar refractivity (Wildman–Crippen MR) is 103 cm³/mol. The molecule has 0 unspecified atom stereocenters. The van der Waals surface area contributed by atoms with Crippen LogP contribution in [0.25, 0.3) is 10.8 Å². The minimum atomic E-state index is -1.18. The molecule has 4 rings (SSSR count). The van der Waals surface area contributed by atoms with Gasteiger partial charge in [0.1, 0.15) is 6.04 Å². The van der Waals surface area contributed by atoms with Gasteiger partial charge in [-0.3, -0.25) is 9.59 Å². The van der Waals surface area contributed by atoms with Gasteiger partial charge < -0.3 is 24.8 Å². The van der Waals surface area contributed by atoms with Crippen LogP contribution in [-0.2, 0) is 30.3 Å². The minimum Gasteiger partial charge on any atom is -0.479 e. The van der Waals surface area contributed by atoms with E-state index in [1.165, 1.54) is 0 Å². The van der Waals surface area contributed by atoms with E-state index < -0.39 is 30.1 Å². The number of ether oxygens (including phenoxy) is 2. The third-order valence-electron chi connectivity index (χ3n) is 5.23. The summed E-state index contributed by atoms with van der Waals surface area (Å²) in [5, 5.41) is 13.8. The first-order chi connectivity index (χ1) is 14.0. The highest BCUT2D eigenvalue weighted by atomic mass is 16.6. The van der Waals surface area contributed by atoms with Crippen molar-refractivity contribution >= 4 is 28.6 Å². The Labute approximate surface area is 167 Å². The lowest BCUT2D eigenvalue weighted by atomic mass is 9.98. The Hall–Kier alpha value is -2.97. The molecule has 0 aliphatic carbocycles. The van der Waals surface area contributed by atoms with E-state index in [4.69, 9.17) is 14.6 Å². The maximum atomic E-state index is 13.1. The molecule has 2 aromatic rings. The molecule has 2 saturated heterocycles. The van der Waals surface area contributed by atoms with Crippen LogP contribution in [0, 0.1) is 0 Å². The van der Waals surface area contributed by atoms with Gasteiger partial charge in [-0.25, -0.2) is 4.79 Å². The number of epoxide rings is 1. The second kappa shape index (κ2) is 8.18. The Bertz CT molecular complexity index is 934. The maximum absolute atomic E-state index is 13.1. The number of carboxylic acid groups (broad SMARTS) is 1. The standard InChI is InChI=1S/C21H22N2O6/c24-19(17-18(29-17)21(26)27)22-16(20(25)23-8-10-28-11-9-23)12-14-6-3-5-13-4-1-2-7-15(13)14/h1-7,16-18H,8-12H2,(H,22,24)(H,26,27)/t16-,17-,18-/m0/s1. The lowest BCUT2D eigenvalue weighted by molar-refractivity contribution is -0.140. The molecule has 2 fully saturated rings. The number of carbonyl (C=O) groups excluding carboxylic acids is 2. The molecule has 2 aliphatic rings. The number of nitrogens with zero attached hydrogens (tertiary/aromatic N) is 1. The van der Waals surface area contributed by atoms with E-state index in [1.807, 2.05) is 42.5 Å². The summed E-state index contributed by atoms with van der Waals surface area (Å²) in [4.78, 5) is 38.3. The zero-order valence-corrected chi connectivity index (χ0v) is 15.7. The van der Waals surface area contributed by atoms with E-state index in [-0.39, 0.29) is 5.91 Å². The zero-order valence-electron chi connectivity index (χ0n) is 15.7. The van der Waals surface area contributed by atoms with Gasteiger partial charge in [-0.2, -0.15) is 0 Å². The average Bonchev–Trinajstić information content (AvgIpc) is 3.55. The molecule has 2 aliphatic heterocycles. The number of carbonyl (C=O) groups is 3. The molecule has 0 bridgehead atoms. The van der Waals surface area contributed by atoms with Gasteiger partial charge in [0.05, 0.1) is 13.2 Å². The monoisotopic (exact) mass is 398 g/mol. The first kappa shape index (κ1) is 19.4. The first-order valence-corrected chi connectivity index (χ1v) is 9.56. The number of aliphatic carboxylic acids is 1. The van der Waals surface area contributed by atoms with Crippen molar-refractivity contribution in [3.05, 3.63) is 48.0 Å². The molecule has 0 saturated carbocycles. The van der Waals surface area contributed by atoms with Gasteiger partial charge in [-0.15, -0.1) is 0 Å². The summed E-state index contributed by atoms with van der Waals surface area (Å²) in [7, 11) is 0. The number of amides is 2. The van der Waals surface area contributed by atoms with Crippen molar-refractivity contribution in [3.63, 3.8) is 0 Å². The number of benzene rings is 2. The van der Waals surface area contributed by atoms with Crippen LogP contribution < -0.4 is 5.32 Å². The fourth-order valence-electron chi connectivity index (χ4n) is 3.65. The predicted octanol–water partition coefficient (Wildman–Crippen LogP) is 0.578. The number of hydrogen-bond acceptors (Lipinski definition) is 5. The van der Waals surface area contributed by atoms with Crippen LogP contribution >= 0.6 is 0 Å². The van der Waals surface area contributed by atoms with Crippen LogP contribution in [0.5, 0.6) is 0 Å². The van der Waals surface area contributed by atoms with Gasteiger partial charge in [-0.1, -0.05) is 42.5 Å².